The minimum Gasteiger partial charge on any atom is -0.493 e. The van der Waals surface area contributed by atoms with E-state index in [1.165, 1.54) is 7.11 Å². The van der Waals surface area contributed by atoms with Gasteiger partial charge in [-0.25, -0.2) is 4.79 Å². The van der Waals surface area contributed by atoms with E-state index in [4.69, 9.17) is 9.47 Å². The summed E-state index contributed by atoms with van der Waals surface area (Å²) in [5, 5.41) is 0. The van der Waals surface area contributed by atoms with Crippen molar-refractivity contribution in [1.29, 1.82) is 0 Å². The Hall–Kier alpha value is -2.87. The summed E-state index contributed by atoms with van der Waals surface area (Å²) in [6.07, 6.45) is 0.495. The van der Waals surface area contributed by atoms with E-state index in [1.54, 1.807) is 15.2 Å². The molecule has 3 aromatic carbocycles. The number of nitrogens with zero attached hydrogens (tertiary/aromatic N) is 1. The van der Waals surface area contributed by atoms with E-state index in [0.717, 1.165) is 22.6 Å². The van der Waals surface area contributed by atoms with Gasteiger partial charge in [0, 0.05) is 0 Å². The smallest absolute Gasteiger partial charge is 0.337 e. The van der Waals surface area contributed by atoms with Gasteiger partial charge in [0.25, 0.3) is 0 Å². The van der Waals surface area contributed by atoms with Crippen LogP contribution in [0.4, 0.5) is 5.69 Å². The summed E-state index contributed by atoms with van der Waals surface area (Å²) in [5.41, 5.74) is 3.23. The number of benzene rings is 3. The van der Waals surface area contributed by atoms with E-state index in [2.05, 4.69) is 43.6 Å². The maximum atomic E-state index is 13.6. The van der Waals surface area contributed by atoms with E-state index < -0.39 is 5.92 Å². The summed E-state index contributed by atoms with van der Waals surface area (Å²) in [7, 11) is 1.36. The molecule has 0 N–H and O–H groups in total. The monoisotopic (exact) mass is 571 g/mol. The third kappa shape index (κ3) is 7.06. The molecule has 0 heterocycles. The normalized spacial score (nSPS) is 12.0. The quantitative estimate of drug-likeness (QED) is 0.174. The van der Waals surface area contributed by atoms with Crippen molar-refractivity contribution in [1.82, 2.24) is 0 Å². The number of anilines is 1. The Balaban J connectivity index is 1.87. The van der Waals surface area contributed by atoms with Crippen molar-refractivity contribution in [2.75, 3.05) is 16.8 Å². The van der Waals surface area contributed by atoms with Crippen LogP contribution in [0.15, 0.2) is 78.9 Å². The molecule has 3 aromatic rings. The summed E-state index contributed by atoms with van der Waals surface area (Å²) in [6, 6.07) is 24.5. The predicted octanol–water partition coefficient (Wildman–Crippen LogP) is 6.61. The van der Waals surface area contributed by atoms with Gasteiger partial charge in [0.05, 0.1) is 53.8 Å². The maximum absolute atomic E-state index is 13.6. The van der Waals surface area contributed by atoms with Crippen molar-refractivity contribution < 1.29 is 19.1 Å². The van der Waals surface area contributed by atoms with Gasteiger partial charge in [-0.2, -0.15) is 0 Å². The zero-order valence-corrected chi connectivity index (χ0v) is 22.1. The van der Waals surface area contributed by atoms with E-state index in [0.29, 0.717) is 18.6 Å². The Labute approximate surface area is 215 Å². The van der Waals surface area contributed by atoms with Crippen molar-refractivity contribution >= 4 is 40.4 Å². The topological polar surface area (TPSA) is 55.8 Å². The molecule has 1 amide bonds. The number of hydrogen-bond acceptors (Lipinski definition) is 4. The van der Waals surface area contributed by atoms with Crippen molar-refractivity contribution in [3.63, 3.8) is 0 Å². The lowest BCUT2D eigenvalue weighted by molar-refractivity contribution is -0.118. The fourth-order valence-corrected chi connectivity index (χ4v) is 4.06. The Morgan fingerprint density at radius 1 is 0.912 bits per heavy atom. The number of esters is 1. The first-order valence-electron chi connectivity index (χ1n) is 11.1. The maximum Gasteiger partial charge on any atom is 0.337 e. The van der Waals surface area contributed by atoms with Crippen molar-refractivity contribution in [3.05, 3.63) is 95.6 Å². The molecule has 0 fully saturated rings. The number of methoxy groups -OCH3 is 1. The van der Waals surface area contributed by atoms with Gasteiger partial charge in [0.1, 0.15) is 5.75 Å². The van der Waals surface area contributed by atoms with Crippen LogP contribution in [0.3, 0.4) is 0 Å². The SMILES string of the molecule is COC(=O)c1ccc(CC(C(=O)N(I)c2ccccc2)c2ccc(OCC(C)(C)C)cc2)cc1. The summed E-state index contributed by atoms with van der Waals surface area (Å²) in [5.74, 6) is -0.0285. The lowest BCUT2D eigenvalue weighted by atomic mass is 9.90. The molecular formula is C28H30INO4. The average Bonchev–Trinajstić information content (AvgIpc) is 2.85. The van der Waals surface area contributed by atoms with E-state index >= 15 is 0 Å². The second-order valence-corrected chi connectivity index (χ2v) is 10.3. The summed E-state index contributed by atoms with van der Waals surface area (Å²) < 4.78 is 12.4. The fourth-order valence-electron chi connectivity index (χ4n) is 3.40. The molecule has 6 heteroatoms. The Kier molecular flexibility index (Phi) is 8.72. The third-order valence-corrected chi connectivity index (χ3v) is 6.28. The van der Waals surface area contributed by atoms with Gasteiger partial charge in [-0.05, 0) is 59.4 Å². The molecule has 5 nitrogen and oxygen atoms in total. The average molecular weight is 571 g/mol. The van der Waals surface area contributed by atoms with E-state index in [1.807, 2.05) is 66.7 Å². The van der Waals surface area contributed by atoms with Crippen LogP contribution in [0.1, 0.15) is 48.2 Å². The number of ether oxygens (including phenoxy) is 2. The minimum atomic E-state index is -0.405. The zero-order chi connectivity index (χ0) is 24.7. The Bertz CT molecular complexity index is 1090. The van der Waals surface area contributed by atoms with Gasteiger partial charge in [-0.1, -0.05) is 63.2 Å². The second-order valence-electron chi connectivity index (χ2n) is 9.32. The molecule has 178 valence electrons. The number of carbonyl (C=O) groups excluding carboxylic acids is 2. The van der Waals surface area contributed by atoms with Gasteiger partial charge in [-0.15, -0.1) is 0 Å². The molecule has 34 heavy (non-hydrogen) atoms. The third-order valence-electron chi connectivity index (χ3n) is 5.24. The molecule has 0 radical (unpaired) electrons. The van der Waals surface area contributed by atoms with Crippen LogP contribution in [-0.2, 0) is 16.0 Å². The molecule has 0 aliphatic rings. The highest BCUT2D eigenvalue weighted by Crippen LogP contribution is 2.30. The van der Waals surface area contributed by atoms with Gasteiger partial charge in [0.2, 0.25) is 5.91 Å². The molecule has 0 aliphatic carbocycles. The molecule has 1 unspecified atom stereocenters. The van der Waals surface area contributed by atoms with Gasteiger partial charge in [0.15, 0.2) is 0 Å². The number of hydrogen-bond donors (Lipinski definition) is 0. The van der Waals surface area contributed by atoms with Crippen LogP contribution in [0.2, 0.25) is 0 Å². The number of carbonyl (C=O) groups is 2. The van der Waals surface area contributed by atoms with E-state index in [-0.39, 0.29) is 17.3 Å². The van der Waals surface area contributed by atoms with Gasteiger partial charge < -0.3 is 9.47 Å². The number of para-hydroxylation sites is 1. The molecule has 0 saturated carbocycles. The molecule has 1 atom stereocenters. The standard InChI is InChI=1S/C28H30INO4/c1-28(2,3)19-34-24-16-14-21(15-17-24)25(26(31)30(29)23-8-6-5-7-9-23)18-20-10-12-22(13-11-20)27(32)33-4/h5-17,25H,18-19H2,1-4H3. The highest BCUT2D eigenvalue weighted by Gasteiger charge is 2.26. The van der Waals surface area contributed by atoms with Gasteiger partial charge >= 0.3 is 5.97 Å². The van der Waals surface area contributed by atoms with E-state index in [9.17, 15) is 9.59 Å². The second kappa shape index (κ2) is 11.5. The molecule has 3 rings (SSSR count). The van der Waals surface area contributed by atoms with Crippen LogP contribution in [0.25, 0.3) is 0 Å². The largest absolute Gasteiger partial charge is 0.493 e. The molecule has 0 saturated heterocycles. The zero-order valence-electron chi connectivity index (χ0n) is 20.0. The minimum absolute atomic E-state index is 0.0211. The van der Waals surface area contributed by atoms with Crippen LogP contribution in [-0.4, -0.2) is 25.6 Å². The Morgan fingerprint density at radius 2 is 1.53 bits per heavy atom. The molecule has 0 spiro atoms. The summed E-state index contributed by atoms with van der Waals surface area (Å²) in [6.45, 7) is 6.98. The van der Waals surface area contributed by atoms with Crippen molar-refractivity contribution in [2.24, 2.45) is 5.41 Å². The Morgan fingerprint density at radius 3 is 2.09 bits per heavy atom. The van der Waals surface area contributed by atoms with Crippen molar-refractivity contribution in [3.8, 4) is 5.75 Å². The molecule has 0 aliphatic heterocycles. The summed E-state index contributed by atoms with van der Waals surface area (Å²) in [4.78, 5) is 25.4. The highest BCUT2D eigenvalue weighted by atomic mass is 127. The first-order chi connectivity index (χ1) is 16.2. The van der Waals surface area contributed by atoms with Crippen LogP contribution in [0.5, 0.6) is 5.75 Å². The fraction of sp³-hybridized carbons (Fsp3) is 0.286. The number of rotatable bonds is 8. The van der Waals surface area contributed by atoms with Crippen LogP contribution in [0, 0.1) is 5.41 Å². The van der Waals surface area contributed by atoms with Gasteiger partial charge in [-0.3, -0.25) is 7.91 Å². The molecule has 0 aromatic heterocycles. The first kappa shape index (κ1) is 25.7. The van der Waals surface area contributed by atoms with Crippen molar-refractivity contribution in [2.45, 2.75) is 33.1 Å². The molecular weight excluding hydrogens is 541 g/mol. The predicted molar refractivity (Wildman–Crippen MR) is 144 cm³/mol. The first-order valence-corrected chi connectivity index (χ1v) is 12.1. The highest BCUT2D eigenvalue weighted by molar-refractivity contribution is 14.1. The van der Waals surface area contributed by atoms with Crippen LogP contribution < -0.4 is 7.85 Å². The number of amides is 1. The lowest BCUT2D eigenvalue weighted by Crippen LogP contribution is -2.28. The summed E-state index contributed by atoms with van der Waals surface area (Å²) >= 11 is 2.06. The number of halogens is 1. The lowest BCUT2D eigenvalue weighted by Gasteiger charge is -2.23. The molecule has 0 bridgehead atoms. The van der Waals surface area contributed by atoms with Crippen LogP contribution >= 0.6 is 22.9 Å².